The quantitative estimate of drug-likeness (QED) is 0.234. The van der Waals surface area contributed by atoms with Gasteiger partial charge in [-0.2, -0.15) is 9.40 Å². The van der Waals surface area contributed by atoms with E-state index in [1.165, 1.54) is 39.5 Å². The van der Waals surface area contributed by atoms with Crippen LogP contribution in [0.15, 0.2) is 47.4 Å². The molecule has 0 atom stereocenters. The van der Waals surface area contributed by atoms with Gasteiger partial charge in [-0.15, -0.1) is 0 Å². The Bertz CT molecular complexity index is 1580. The summed E-state index contributed by atoms with van der Waals surface area (Å²) in [5.74, 6) is -1.98. The lowest BCUT2D eigenvalue weighted by molar-refractivity contribution is 0.0985. The molecule has 0 bridgehead atoms. The molecule has 0 radical (unpaired) electrons. The minimum absolute atomic E-state index is 0.0199. The summed E-state index contributed by atoms with van der Waals surface area (Å²) >= 11 is 1.00. The fourth-order valence-electron chi connectivity index (χ4n) is 4.30. The average molecular weight is 576 g/mol. The number of aryl methyl sites for hydroxylation is 2. The molecule has 0 fully saturated rings. The number of aromatic nitrogens is 3. The molecule has 8 nitrogen and oxygen atoms in total. The Kier molecular flexibility index (Phi) is 8.77. The van der Waals surface area contributed by atoms with E-state index in [0.717, 1.165) is 41.6 Å². The zero-order valence-corrected chi connectivity index (χ0v) is 24.0. The van der Waals surface area contributed by atoms with Crippen LogP contribution in [-0.4, -0.2) is 53.0 Å². The molecule has 0 saturated carbocycles. The van der Waals surface area contributed by atoms with Crippen LogP contribution in [0.4, 0.5) is 13.9 Å². The molecule has 0 aliphatic heterocycles. The number of carbonyl (C=O) groups is 1. The van der Waals surface area contributed by atoms with Crippen LogP contribution in [0.25, 0.3) is 10.2 Å². The SMILES string of the molecule is CCCCN(CC)S(=O)(=O)c1ccc(C(=O)N(CCn2nc(C)cc2C)c2nc3c(F)cc(F)cc3s2)cc1. The van der Waals surface area contributed by atoms with Crippen LogP contribution >= 0.6 is 11.3 Å². The van der Waals surface area contributed by atoms with E-state index in [4.69, 9.17) is 0 Å². The summed E-state index contributed by atoms with van der Waals surface area (Å²) in [5.41, 5.74) is 1.97. The minimum Gasteiger partial charge on any atom is -0.282 e. The lowest BCUT2D eigenvalue weighted by Crippen LogP contribution is -2.34. The average Bonchev–Trinajstić information content (AvgIpc) is 3.46. The van der Waals surface area contributed by atoms with Gasteiger partial charge in [-0.25, -0.2) is 22.2 Å². The second-order valence-electron chi connectivity index (χ2n) is 9.21. The van der Waals surface area contributed by atoms with Gasteiger partial charge >= 0.3 is 0 Å². The maximum Gasteiger partial charge on any atom is 0.260 e. The summed E-state index contributed by atoms with van der Waals surface area (Å²) in [4.78, 5) is 19.5. The first-order valence-corrected chi connectivity index (χ1v) is 15.0. The Hall–Kier alpha value is -3.22. The van der Waals surface area contributed by atoms with Gasteiger partial charge in [0.2, 0.25) is 10.0 Å². The smallest absolute Gasteiger partial charge is 0.260 e. The summed E-state index contributed by atoms with van der Waals surface area (Å²) in [7, 11) is -3.70. The van der Waals surface area contributed by atoms with Crippen molar-refractivity contribution < 1.29 is 22.0 Å². The molecule has 4 rings (SSSR count). The van der Waals surface area contributed by atoms with Gasteiger partial charge in [-0.05, 0) is 56.7 Å². The molecular weight excluding hydrogens is 544 g/mol. The van der Waals surface area contributed by atoms with Crippen molar-refractivity contribution in [3.8, 4) is 0 Å². The molecule has 2 aromatic carbocycles. The number of benzene rings is 2. The van der Waals surface area contributed by atoms with Crippen LogP contribution in [-0.2, 0) is 16.6 Å². The molecule has 12 heteroatoms. The maximum atomic E-state index is 14.4. The normalized spacial score (nSPS) is 12.0. The third-order valence-corrected chi connectivity index (χ3v) is 9.38. The molecule has 208 valence electrons. The van der Waals surface area contributed by atoms with Crippen molar-refractivity contribution in [2.75, 3.05) is 24.5 Å². The number of anilines is 1. The van der Waals surface area contributed by atoms with Crippen LogP contribution in [0, 0.1) is 25.5 Å². The van der Waals surface area contributed by atoms with E-state index < -0.39 is 27.6 Å². The van der Waals surface area contributed by atoms with Crippen molar-refractivity contribution >= 4 is 42.6 Å². The first kappa shape index (κ1) is 28.8. The van der Waals surface area contributed by atoms with Gasteiger partial charge in [0.05, 0.1) is 21.8 Å². The van der Waals surface area contributed by atoms with Gasteiger partial charge in [0, 0.05) is 37.0 Å². The lowest BCUT2D eigenvalue weighted by Gasteiger charge is -2.22. The zero-order chi connectivity index (χ0) is 28.3. The number of halogens is 2. The Morgan fingerprint density at radius 3 is 2.38 bits per heavy atom. The number of amides is 1. The summed E-state index contributed by atoms with van der Waals surface area (Å²) in [6, 6.07) is 9.63. The highest BCUT2D eigenvalue weighted by Crippen LogP contribution is 2.32. The Morgan fingerprint density at radius 1 is 1.05 bits per heavy atom. The maximum absolute atomic E-state index is 14.4. The van der Waals surface area contributed by atoms with Gasteiger partial charge in [0.15, 0.2) is 10.9 Å². The predicted molar refractivity (Wildman–Crippen MR) is 149 cm³/mol. The molecule has 4 aromatic rings. The molecule has 2 aromatic heterocycles. The highest BCUT2D eigenvalue weighted by molar-refractivity contribution is 7.89. The number of thiazole rings is 1. The van der Waals surface area contributed by atoms with Gasteiger partial charge in [0.25, 0.3) is 5.91 Å². The van der Waals surface area contributed by atoms with E-state index in [0.29, 0.717) is 19.6 Å². The second kappa shape index (κ2) is 11.9. The summed E-state index contributed by atoms with van der Waals surface area (Å²) < 4.78 is 57.9. The van der Waals surface area contributed by atoms with Gasteiger partial charge < -0.3 is 0 Å². The van der Waals surface area contributed by atoms with E-state index in [-0.39, 0.29) is 32.4 Å². The number of carbonyl (C=O) groups excluding carboxylic acids is 1. The molecule has 1 amide bonds. The number of hydrogen-bond donors (Lipinski definition) is 0. The van der Waals surface area contributed by atoms with Crippen molar-refractivity contribution in [3.63, 3.8) is 0 Å². The third-order valence-electron chi connectivity index (χ3n) is 6.37. The van der Waals surface area contributed by atoms with E-state index in [1.54, 1.807) is 11.6 Å². The molecule has 2 heterocycles. The Labute approximate surface area is 230 Å². The fraction of sp³-hybridized carbons (Fsp3) is 0.370. The molecule has 0 spiro atoms. The fourth-order valence-corrected chi connectivity index (χ4v) is 6.82. The van der Waals surface area contributed by atoms with Gasteiger partial charge in [-0.3, -0.25) is 14.4 Å². The first-order valence-electron chi connectivity index (χ1n) is 12.7. The summed E-state index contributed by atoms with van der Waals surface area (Å²) in [6.45, 7) is 8.83. The third kappa shape index (κ3) is 6.18. The molecule has 0 aliphatic carbocycles. The van der Waals surface area contributed by atoms with Crippen molar-refractivity contribution in [1.29, 1.82) is 0 Å². The standard InChI is InChI=1S/C27H31F2N5O3S2/c1-5-7-12-32(6-2)39(36,37)22-10-8-20(9-11-22)26(35)33(13-14-34-19(4)15-18(3)31-34)27-30-25-23(29)16-21(28)17-24(25)38-27/h8-11,15-17H,5-7,12-14H2,1-4H3. The molecule has 0 aliphatic rings. The van der Waals surface area contributed by atoms with Crippen molar-refractivity contribution in [1.82, 2.24) is 19.1 Å². The van der Waals surface area contributed by atoms with Gasteiger partial charge in [0.1, 0.15) is 11.3 Å². The predicted octanol–water partition coefficient (Wildman–Crippen LogP) is 5.55. The number of unbranched alkanes of at least 4 members (excludes halogenated alkanes) is 1. The van der Waals surface area contributed by atoms with Crippen molar-refractivity contribution in [3.05, 3.63) is 71.1 Å². The second-order valence-corrected chi connectivity index (χ2v) is 12.2. The van der Waals surface area contributed by atoms with Crippen LogP contribution in [0.5, 0.6) is 0 Å². The van der Waals surface area contributed by atoms with E-state index in [1.807, 2.05) is 26.8 Å². The van der Waals surface area contributed by atoms with E-state index >= 15 is 0 Å². The summed E-state index contributed by atoms with van der Waals surface area (Å²) in [5, 5.41) is 4.64. The number of hydrogen-bond acceptors (Lipinski definition) is 6. The Balaban J connectivity index is 1.67. The summed E-state index contributed by atoms with van der Waals surface area (Å²) in [6.07, 6.45) is 1.62. The first-order chi connectivity index (χ1) is 18.5. The number of fused-ring (bicyclic) bond motifs is 1. The van der Waals surface area contributed by atoms with Crippen molar-refractivity contribution in [2.24, 2.45) is 0 Å². The van der Waals surface area contributed by atoms with Crippen LogP contribution < -0.4 is 4.90 Å². The monoisotopic (exact) mass is 575 g/mol. The molecule has 0 saturated heterocycles. The highest BCUT2D eigenvalue weighted by atomic mass is 32.2. The van der Waals surface area contributed by atoms with Crippen LogP contribution in [0.2, 0.25) is 0 Å². The number of sulfonamides is 1. The highest BCUT2D eigenvalue weighted by Gasteiger charge is 2.26. The van der Waals surface area contributed by atoms with Gasteiger partial charge in [-0.1, -0.05) is 31.6 Å². The number of nitrogens with zero attached hydrogens (tertiary/aromatic N) is 5. The molecule has 0 unspecified atom stereocenters. The minimum atomic E-state index is -3.70. The molecular formula is C27H31F2N5O3S2. The largest absolute Gasteiger partial charge is 0.282 e. The molecule has 0 N–H and O–H groups in total. The van der Waals surface area contributed by atoms with Crippen LogP contribution in [0.3, 0.4) is 0 Å². The van der Waals surface area contributed by atoms with E-state index in [2.05, 4.69) is 10.1 Å². The van der Waals surface area contributed by atoms with Crippen molar-refractivity contribution in [2.45, 2.75) is 52.0 Å². The number of rotatable bonds is 11. The van der Waals surface area contributed by atoms with E-state index in [9.17, 15) is 22.0 Å². The lowest BCUT2D eigenvalue weighted by atomic mass is 10.2. The Morgan fingerprint density at radius 2 is 1.77 bits per heavy atom. The zero-order valence-electron chi connectivity index (χ0n) is 22.3. The molecule has 39 heavy (non-hydrogen) atoms. The topological polar surface area (TPSA) is 88.4 Å². The van der Waals surface area contributed by atoms with Crippen LogP contribution in [0.1, 0.15) is 48.4 Å².